The molecule has 0 heterocycles. The Balaban J connectivity index is 2.07. The second-order valence-corrected chi connectivity index (χ2v) is 6.43. The lowest BCUT2D eigenvalue weighted by Crippen LogP contribution is -2.35. The van der Waals surface area contributed by atoms with Crippen LogP contribution in [-0.4, -0.2) is 23.6 Å². The topological polar surface area (TPSA) is 12.0 Å². The Kier molecular flexibility index (Phi) is 8.40. The number of hydrogen-bond acceptors (Lipinski definition) is 2. The minimum Gasteiger partial charge on any atom is -0.314 e. The van der Waals surface area contributed by atoms with Gasteiger partial charge in [-0.25, -0.2) is 0 Å². The van der Waals surface area contributed by atoms with Gasteiger partial charge in [-0.15, -0.1) is 0 Å². The molecular weight excluding hydrogens is 214 g/mol. The maximum Gasteiger partial charge on any atom is 0.00776 e. The van der Waals surface area contributed by atoms with Crippen molar-refractivity contribution >= 4 is 11.8 Å². The molecule has 0 aromatic carbocycles. The van der Waals surface area contributed by atoms with E-state index in [-0.39, 0.29) is 0 Å². The second kappa shape index (κ2) is 9.35. The van der Waals surface area contributed by atoms with Gasteiger partial charge in [0.05, 0.1) is 0 Å². The van der Waals surface area contributed by atoms with Gasteiger partial charge in [-0.05, 0) is 44.4 Å². The molecular formula is C14H29NS. The van der Waals surface area contributed by atoms with Crippen molar-refractivity contribution < 1.29 is 0 Å². The SMILES string of the molecule is CCCCCSC1CCCC(NCCC)C1. The fourth-order valence-electron chi connectivity index (χ4n) is 2.43. The third-order valence-electron chi connectivity index (χ3n) is 3.41. The van der Waals surface area contributed by atoms with E-state index in [2.05, 4.69) is 30.9 Å². The van der Waals surface area contributed by atoms with Crippen LogP contribution in [0.2, 0.25) is 0 Å². The predicted molar refractivity (Wildman–Crippen MR) is 76.3 cm³/mol. The van der Waals surface area contributed by atoms with E-state index < -0.39 is 0 Å². The second-order valence-electron chi connectivity index (χ2n) is 5.02. The number of hydrogen-bond donors (Lipinski definition) is 1. The van der Waals surface area contributed by atoms with Gasteiger partial charge in [-0.2, -0.15) is 11.8 Å². The molecule has 0 amide bonds. The molecule has 16 heavy (non-hydrogen) atoms. The quantitative estimate of drug-likeness (QED) is 0.641. The van der Waals surface area contributed by atoms with Crippen LogP contribution in [0.4, 0.5) is 0 Å². The van der Waals surface area contributed by atoms with Crippen molar-refractivity contribution in [2.75, 3.05) is 12.3 Å². The highest BCUT2D eigenvalue weighted by molar-refractivity contribution is 7.99. The monoisotopic (exact) mass is 243 g/mol. The molecule has 2 atom stereocenters. The summed E-state index contributed by atoms with van der Waals surface area (Å²) in [6.45, 7) is 5.75. The van der Waals surface area contributed by atoms with E-state index in [0.29, 0.717) is 0 Å². The van der Waals surface area contributed by atoms with Crippen molar-refractivity contribution in [2.24, 2.45) is 0 Å². The summed E-state index contributed by atoms with van der Waals surface area (Å²) in [6, 6.07) is 0.817. The standard InChI is InChI=1S/C14H29NS/c1-3-5-6-11-16-14-9-7-8-13(12-14)15-10-4-2/h13-15H,3-12H2,1-2H3. The van der Waals surface area contributed by atoms with Gasteiger partial charge in [0.2, 0.25) is 0 Å². The summed E-state index contributed by atoms with van der Waals surface area (Å²) in [7, 11) is 0. The van der Waals surface area contributed by atoms with Crippen LogP contribution in [0.1, 0.15) is 65.2 Å². The van der Waals surface area contributed by atoms with Gasteiger partial charge in [-0.3, -0.25) is 0 Å². The van der Waals surface area contributed by atoms with Crippen molar-refractivity contribution in [1.29, 1.82) is 0 Å². The maximum absolute atomic E-state index is 3.69. The smallest absolute Gasteiger partial charge is 0.00776 e. The molecule has 1 aliphatic carbocycles. The van der Waals surface area contributed by atoms with Gasteiger partial charge >= 0.3 is 0 Å². The van der Waals surface area contributed by atoms with Crippen molar-refractivity contribution in [1.82, 2.24) is 5.32 Å². The van der Waals surface area contributed by atoms with E-state index in [1.165, 1.54) is 63.7 Å². The van der Waals surface area contributed by atoms with E-state index >= 15 is 0 Å². The van der Waals surface area contributed by atoms with E-state index in [4.69, 9.17) is 0 Å². The van der Waals surface area contributed by atoms with Gasteiger partial charge in [0.1, 0.15) is 0 Å². The zero-order valence-corrected chi connectivity index (χ0v) is 12.0. The third kappa shape index (κ3) is 6.15. The summed E-state index contributed by atoms with van der Waals surface area (Å²) in [4.78, 5) is 0. The van der Waals surface area contributed by atoms with E-state index in [0.717, 1.165) is 11.3 Å². The molecule has 2 unspecified atom stereocenters. The molecule has 96 valence electrons. The molecule has 0 aliphatic heterocycles. The van der Waals surface area contributed by atoms with Crippen LogP contribution in [0.25, 0.3) is 0 Å². The highest BCUT2D eigenvalue weighted by Gasteiger charge is 2.21. The Morgan fingerprint density at radius 3 is 2.75 bits per heavy atom. The first kappa shape index (κ1) is 14.4. The molecule has 1 N–H and O–H groups in total. The van der Waals surface area contributed by atoms with Crippen molar-refractivity contribution in [3.63, 3.8) is 0 Å². The molecule has 0 aromatic rings. The molecule has 1 aliphatic rings. The average molecular weight is 243 g/mol. The van der Waals surface area contributed by atoms with Crippen LogP contribution in [0.5, 0.6) is 0 Å². The van der Waals surface area contributed by atoms with Crippen molar-refractivity contribution in [3.8, 4) is 0 Å². The molecule has 1 rings (SSSR count). The minimum atomic E-state index is 0.817. The first-order valence-electron chi connectivity index (χ1n) is 7.21. The van der Waals surface area contributed by atoms with Crippen LogP contribution in [0.15, 0.2) is 0 Å². The molecule has 0 saturated heterocycles. The van der Waals surface area contributed by atoms with Gasteiger partial charge in [0.15, 0.2) is 0 Å². The van der Waals surface area contributed by atoms with E-state index in [1.807, 2.05) is 0 Å². The van der Waals surface area contributed by atoms with Gasteiger partial charge in [0.25, 0.3) is 0 Å². The fraction of sp³-hybridized carbons (Fsp3) is 1.00. The summed E-state index contributed by atoms with van der Waals surface area (Å²) in [5, 5.41) is 4.63. The lowest BCUT2D eigenvalue weighted by molar-refractivity contribution is 0.381. The van der Waals surface area contributed by atoms with Gasteiger partial charge in [-0.1, -0.05) is 33.1 Å². The number of thioether (sulfide) groups is 1. The normalized spacial score (nSPS) is 25.9. The van der Waals surface area contributed by atoms with Crippen LogP contribution < -0.4 is 5.32 Å². The maximum atomic E-state index is 3.69. The van der Waals surface area contributed by atoms with E-state index in [1.54, 1.807) is 0 Å². The van der Waals surface area contributed by atoms with Crippen molar-refractivity contribution in [3.05, 3.63) is 0 Å². The summed E-state index contributed by atoms with van der Waals surface area (Å²) in [5.74, 6) is 1.39. The highest BCUT2D eigenvalue weighted by atomic mass is 32.2. The van der Waals surface area contributed by atoms with Gasteiger partial charge in [0, 0.05) is 11.3 Å². The molecule has 0 aromatic heterocycles. The zero-order valence-electron chi connectivity index (χ0n) is 11.1. The Morgan fingerprint density at radius 2 is 2.00 bits per heavy atom. The van der Waals surface area contributed by atoms with Crippen LogP contribution in [0.3, 0.4) is 0 Å². The highest BCUT2D eigenvalue weighted by Crippen LogP contribution is 2.29. The molecule has 0 spiro atoms. The molecule has 1 nitrogen and oxygen atoms in total. The van der Waals surface area contributed by atoms with Crippen LogP contribution in [-0.2, 0) is 0 Å². The van der Waals surface area contributed by atoms with Crippen molar-refractivity contribution in [2.45, 2.75) is 76.5 Å². The minimum absolute atomic E-state index is 0.817. The van der Waals surface area contributed by atoms with Crippen LogP contribution >= 0.6 is 11.8 Å². The number of rotatable bonds is 8. The summed E-state index contributed by atoms with van der Waals surface area (Å²) < 4.78 is 0. The fourth-order valence-corrected chi connectivity index (χ4v) is 3.84. The molecule has 2 heteroatoms. The molecule has 0 radical (unpaired) electrons. The van der Waals surface area contributed by atoms with Gasteiger partial charge < -0.3 is 5.32 Å². The molecule has 0 bridgehead atoms. The Bertz CT molecular complexity index is 161. The Hall–Kier alpha value is 0.310. The first-order valence-corrected chi connectivity index (χ1v) is 8.26. The number of unbranched alkanes of at least 4 members (excludes halogenated alkanes) is 2. The average Bonchev–Trinajstić information content (AvgIpc) is 2.33. The predicted octanol–water partition coefficient (Wildman–Crippen LogP) is 4.22. The lowest BCUT2D eigenvalue weighted by Gasteiger charge is -2.29. The molecule has 1 saturated carbocycles. The third-order valence-corrected chi connectivity index (χ3v) is 4.83. The Morgan fingerprint density at radius 1 is 1.12 bits per heavy atom. The lowest BCUT2D eigenvalue weighted by atomic mass is 9.95. The summed E-state index contributed by atoms with van der Waals surface area (Å²) in [6.07, 6.45) is 11.2. The molecule has 1 fully saturated rings. The zero-order chi connectivity index (χ0) is 11.6. The largest absolute Gasteiger partial charge is 0.314 e. The number of nitrogens with one attached hydrogen (secondary N) is 1. The van der Waals surface area contributed by atoms with E-state index in [9.17, 15) is 0 Å². The summed E-state index contributed by atoms with van der Waals surface area (Å²) in [5.41, 5.74) is 0. The first-order chi connectivity index (χ1) is 7.86. The Labute approximate surface area is 106 Å². The summed E-state index contributed by atoms with van der Waals surface area (Å²) >= 11 is 2.23. The van der Waals surface area contributed by atoms with Crippen LogP contribution in [0, 0.1) is 0 Å².